The average molecular weight is 259 g/mol. The summed E-state index contributed by atoms with van der Waals surface area (Å²) < 4.78 is 19.5. The number of ether oxygens (including phenoxy) is 1. The number of halogens is 2. The van der Waals surface area contributed by atoms with Gasteiger partial charge in [0.05, 0.1) is 12.0 Å². The van der Waals surface area contributed by atoms with Crippen LogP contribution in [0.4, 0.5) is 10.2 Å². The Hall–Kier alpha value is -0.870. The predicted molar refractivity (Wildman–Crippen MR) is 66.0 cm³/mol. The van der Waals surface area contributed by atoms with Crippen LogP contribution in [0.3, 0.4) is 0 Å². The highest BCUT2D eigenvalue weighted by Gasteiger charge is 2.20. The molecule has 3 nitrogen and oxygen atoms in total. The third-order valence-corrected chi connectivity index (χ3v) is 3.25. The van der Waals surface area contributed by atoms with Gasteiger partial charge in [-0.25, -0.2) is 9.37 Å². The topological polar surface area (TPSA) is 25.4 Å². The van der Waals surface area contributed by atoms with Crippen molar-refractivity contribution in [2.75, 3.05) is 25.1 Å². The van der Waals surface area contributed by atoms with Gasteiger partial charge >= 0.3 is 0 Å². The SMILES string of the molecule is CN(CC1CCCO1)c1nccc(CCl)c1F. The molecule has 0 amide bonds. The number of aromatic nitrogens is 1. The fraction of sp³-hybridized carbons (Fsp3) is 0.583. The minimum Gasteiger partial charge on any atom is -0.376 e. The summed E-state index contributed by atoms with van der Waals surface area (Å²) in [6.45, 7) is 1.46. The Morgan fingerprint density at radius 1 is 1.65 bits per heavy atom. The molecule has 1 atom stereocenters. The highest BCUT2D eigenvalue weighted by molar-refractivity contribution is 6.17. The van der Waals surface area contributed by atoms with Gasteiger partial charge in [-0.2, -0.15) is 0 Å². The maximum Gasteiger partial charge on any atom is 0.170 e. The average Bonchev–Trinajstić information content (AvgIpc) is 2.82. The van der Waals surface area contributed by atoms with E-state index in [4.69, 9.17) is 16.3 Å². The minimum atomic E-state index is -0.331. The van der Waals surface area contributed by atoms with Crippen molar-refractivity contribution in [2.45, 2.75) is 24.8 Å². The first-order chi connectivity index (χ1) is 8.22. The first-order valence-electron chi connectivity index (χ1n) is 5.74. The van der Waals surface area contributed by atoms with Crippen LogP contribution in [0.2, 0.25) is 0 Å². The second-order valence-electron chi connectivity index (χ2n) is 4.26. The fourth-order valence-corrected chi connectivity index (χ4v) is 2.23. The highest BCUT2D eigenvalue weighted by atomic mass is 35.5. The highest BCUT2D eigenvalue weighted by Crippen LogP contribution is 2.21. The van der Waals surface area contributed by atoms with Crippen molar-refractivity contribution in [1.82, 2.24) is 4.98 Å². The Kier molecular flexibility index (Phi) is 4.18. The van der Waals surface area contributed by atoms with Gasteiger partial charge in [0, 0.05) is 32.0 Å². The number of nitrogens with zero attached hydrogens (tertiary/aromatic N) is 2. The summed E-state index contributed by atoms with van der Waals surface area (Å²) in [5.41, 5.74) is 0.482. The van der Waals surface area contributed by atoms with E-state index in [1.165, 1.54) is 0 Å². The van der Waals surface area contributed by atoms with E-state index in [1.54, 1.807) is 17.2 Å². The fourth-order valence-electron chi connectivity index (χ4n) is 2.02. The smallest absolute Gasteiger partial charge is 0.170 e. The normalized spacial score (nSPS) is 19.6. The number of likely N-dealkylation sites (N-methyl/N-ethyl adjacent to an activating group) is 1. The van der Waals surface area contributed by atoms with Crippen LogP contribution in [0, 0.1) is 5.82 Å². The van der Waals surface area contributed by atoms with Gasteiger partial charge in [0.25, 0.3) is 0 Å². The van der Waals surface area contributed by atoms with Crippen molar-refractivity contribution in [3.8, 4) is 0 Å². The second kappa shape index (κ2) is 5.65. The third kappa shape index (κ3) is 2.87. The molecule has 2 heterocycles. The van der Waals surface area contributed by atoms with Crippen LogP contribution in [0.1, 0.15) is 18.4 Å². The molecular weight excluding hydrogens is 243 g/mol. The summed E-state index contributed by atoms with van der Waals surface area (Å²) in [5, 5.41) is 0. The van der Waals surface area contributed by atoms with E-state index >= 15 is 0 Å². The molecule has 0 N–H and O–H groups in total. The molecule has 1 aromatic rings. The second-order valence-corrected chi connectivity index (χ2v) is 4.52. The molecule has 17 heavy (non-hydrogen) atoms. The lowest BCUT2D eigenvalue weighted by molar-refractivity contribution is 0.116. The van der Waals surface area contributed by atoms with Gasteiger partial charge < -0.3 is 9.64 Å². The lowest BCUT2D eigenvalue weighted by Gasteiger charge is -2.22. The Morgan fingerprint density at radius 3 is 3.12 bits per heavy atom. The summed E-state index contributed by atoms with van der Waals surface area (Å²) >= 11 is 5.67. The van der Waals surface area contributed by atoms with Crippen molar-refractivity contribution in [3.05, 3.63) is 23.6 Å². The van der Waals surface area contributed by atoms with Crippen molar-refractivity contribution >= 4 is 17.4 Å². The quantitative estimate of drug-likeness (QED) is 0.777. The largest absolute Gasteiger partial charge is 0.376 e. The molecular formula is C12H16ClFN2O. The van der Waals surface area contributed by atoms with Crippen LogP contribution in [0.25, 0.3) is 0 Å². The van der Waals surface area contributed by atoms with E-state index < -0.39 is 0 Å². The third-order valence-electron chi connectivity index (χ3n) is 2.96. The zero-order chi connectivity index (χ0) is 12.3. The summed E-state index contributed by atoms with van der Waals surface area (Å²) in [6.07, 6.45) is 3.88. The molecule has 2 rings (SSSR count). The van der Waals surface area contributed by atoms with E-state index in [2.05, 4.69) is 4.98 Å². The van der Waals surface area contributed by atoms with Gasteiger partial charge in [-0.3, -0.25) is 0 Å². The summed E-state index contributed by atoms with van der Waals surface area (Å²) in [6, 6.07) is 1.60. The molecule has 0 aromatic carbocycles. The van der Waals surface area contributed by atoms with Crippen LogP contribution in [-0.2, 0) is 10.6 Å². The van der Waals surface area contributed by atoms with E-state index in [9.17, 15) is 4.39 Å². The number of hydrogen-bond donors (Lipinski definition) is 0. The molecule has 0 bridgehead atoms. The van der Waals surface area contributed by atoms with Crippen LogP contribution < -0.4 is 4.90 Å². The van der Waals surface area contributed by atoms with E-state index in [-0.39, 0.29) is 17.8 Å². The predicted octanol–water partition coefficient (Wildman–Crippen LogP) is 2.57. The van der Waals surface area contributed by atoms with Crippen molar-refractivity contribution in [1.29, 1.82) is 0 Å². The summed E-state index contributed by atoms with van der Waals surface area (Å²) in [5.74, 6) is 0.177. The number of rotatable bonds is 4. The number of anilines is 1. The molecule has 1 aliphatic heterocycles. The van der Waals surface area contributed by atoms with Gasteiger partial charge in [-0.1, -0.05) is 0 Å². The Bertz CT molecular complexity index is 383. The molecule has 5 heteroatoms. The van der Waals surface area contributed by atoms with Crippen molar-refractivity contribution < 1.29 is 9.13 Å². The van der Waals surface area contributed by atoms with Gasteiger partial charge in [0.15, 0.2) is 11.6 Å². The van der Waals surface area contributed by atoms with Crippen molar-refractivity contribution in [3.63, 3.8) is 0 Å². The van der Waals surface area contributed by atoms with Gasteiger partial charge in [0.1, 0.15) is 0 Å². The molecule has 1 unspecified atom stereocenters. The van der Waals surface area contributed by atoms with E-state index in [0.717, 1.165) is 19.4 Å². The molecule has 0 saturated carbocycles. The standard InChI is InChI=1S/C12H16ClFN2O/c1-16(8-10-3-2-6-17-10)12-11(14)9(7-13)4-5-15-12/h4-5,10H,2-3,6-8H2,1H3. The maximum atomic E-state index is 14.0. The minimum absolute atomic E-state index is 0.162. The van der Waals surface area contributed by atoms with Crippen LogP contribution in [0.5, 0.6) is 0 Å². The van der Waals surface area contributed by atoms with Gasteiger partial charge in [-0.15, -0.1) is 11.6 Å². The molecule has 1 aliphatic rings. The molecule has 0 aliphatic carbocycles. The molecule has 1 fully saturated rings. The lowest BCUT2D eigenvalue weighted by Crippen LogP contribution is -2.30. The van der Waals surface area contributed by atoms with E-state index in [1.807, 2.05) is 7.05 Å². The summed E-state index contributed by atoms with van der Waals surface area (Å²) in [4.78, 5) is 5.86. The molecule has 0 radical (unpaired) electrons. The molecule has 1 aromatic heterocycles. The zero-order valence-electron chi connectivity index (χ0n) is 9.83. The first kappa shape index (κ1) is 12.6. The Balaban J connectivity index is 2.09. The van der Waals surface area contributed by atoms with E-state index in [0.29, 0.717) is 17.9 Å². The lowest BCUT2D eigenvalue weighted by atomic mass is 10.2. The van der Waals surface area contributed by atoms with Crippen LogP contribution in [-0.4, -0.2) is 31.3 Å². The monoisotopic (exact) mass is 258 g/mol. The number of pyridine rings is 1. The first-order valence-corrected chi connectivity index (χ1v) is 6.28. The van der Waals surface area contributed by atoms with Crippen molar-refractivity contribution in [2.24, 2.45) is 0 Å². The summed E-state index contributed by atoms with van der Waals surface area (Å²) in [7, 11) is 1.82. The molecule has 0 spiro atoms. The number of alkyl halides is 1. The number of hydrogen-bond acceptors (Lipinski definition) is 3. The molecule has 1 saturated heterocycles. The zero-order valence-corrected chi connectivity index (χ0v) is 10.6. The molecule has 94 valence electrons. The maximum absolute atomic E-state index is 14.0. The Labute approximate surface area is 106 Å². The van der Waals surface area contributed by atoms with Gasteiger partial charge in [0.2, 0.25) is 0 Å². The van der Waals surface area contributed by atoms with Crippen LogP contribution >= 0.6 is 11.6 Å². The van der Waals surface area contributed by atoms with Crippen LogP contribution in [0.15, 0.2) is 12.3 Å². The Morgan fingerprint density at radius 2 is 2.47 bits per heavy atom. The van der Waals surface area contributed by atoms with Gasteiger partial charge in [-0.05, 0) is 18.9 Å².